The second-order valence-corrected chi connectivity index (χ2v) is 7.74. The SMILES string of the molecule is CN(C)c1ncccc1C(=O)N1CCN(C[C@H](O)C(C)(C)C)CC1. The van der Waals surface area contributed by atoms with Gasteiger partial charge in [-0.15, -0.1) is 0 Å². The van der Waals surface area contributed by atoms with Crippen LogP contribution < -0.4 is 4.90 Å². The monoisotopic (exact) mass is 334 g/mol. The molecule has 6 nitrogen and oxygen atoms in total. The molecule has 1 aliphatic heterocycles. The van der Waals surface area contributed by atoms with Crippen molar-refractivity contribution in [3.05, 3.63) is 23.9 Å². The molecule has 0 saturated carbocycles. The second-order valence-electron chi connectivity index (χ2n) is 7.74. The zero-order valence-corrected chi connectivity index (χ0v) is 15.5. The van der Waals surface area contributed by atoms with Gasteiger partial charge in [0, 0.05) is 53.0 Å². The van der Waals surface area contributed by atoms with Crippen molar-refractivity contribution in [3.8, 4) is 0 Å². The van der Waals surface area contributed by atoms with E-state index in [9.17, 15) is 9.90 Å². The predicted molar refractivity (Wildman–Crippen MR) is 96.4 cm³/mol. The third kappa shape index (κ3) is 4.45. The summed E-state index contributed by atoms with van der Waals surface area (Å²) in [6, 6.07) is 3.64. The van der Waals surface area contributed by atoms with Gasteiger partial charge in [-0.25, -0.2) is 4.98 Å². The molecule has 0 aliphatic carbocycles. The highest BCUT2D eigenvalue weighted by atomic mass is 16.3. The fraction of sp³-hybridized carbons (Fsp3) is 0.667. The number of anilines is 1. The number of aliphatic hydroxyl groups is 1. The molecule has 6 heteroatoms. The first-order valence-electron chi connectivity index (χ1n) is 8.52. The van der Waals surface area contributed by atoms with Crippen molar-refractivity contribution in [2.24, 2.45) is 5.41 Å². The molecular formula is C18H30N4O2. The molecule has 1 N–H and O–H groups in total. The zero-order valence-electron chi connectivity index (χ0n) is 15.5. The zero-order chi connectivity index (χ0) is 17.9. The van der Waals surface area contributed by atoms with Gasteiger partial charge < -0.3 is 14.9 Å². The summed E-state index contributed by atoms with van der Waals surface area (Å²) in [4.78, 5) is 23.1. The van der Waals surface area contributed by atoms with E-state index in [-0.39, 0.29) is 17.4 Å². The number of carbonyl (C=O) groups excluding carboxylic acids is 1. The van der Waals surface area contributed by atoms with Crippen LogP contribution in [0.1, 0.15) is 31.1 Å². The largest absolute Gasteiger partial charge is 0.391 e. The molecule has 1 amide bonds. The van der Waals surface area contributed by atoms with Crippen LogP contribution in [0.5, 0.6) is 0 Å². The highest BCUT2D eigenvalue weighted by molar-refractivity contribution is 5.98. The van der Waals surface area contributed by atoms with Gasteiger partial charge in [-0.2, -0.15) is 0 Å². The van der Waals surface area contributed by atoms with Gasteiger partial charge in [-0.3, -0.25) is 9.69 Å². The number of piperazine rings is 1. The van der Waals surface area contributed by atoms with Gasteiger partial charge in [0.1, 0.15) is 5.82 Å². The maximum Gasteiger partial charge on any atom is 0.257 e. The molecule has 0 radical (unpaired) electrons. The Balaban J connectivity index is 1.96. The minimum Gasteiger partial charge on any atom is -0.391 e. The first-order valence-corrected chi connectivity index (χ1v) is 8.52. The molecule has 24 heavy (non-hydrogen) atoms. The van der Waals surface area contributed by atoms with Crippen molar-refractivity contribution in [2.75, 3.05) is 51.7 Å². The number of amides is 1. The lowest BCUT2D eigenvalue weighted by Gasteiger charge is -2.38. The summed E-state index contributed by atoms with van der Waals surface area (Å²) in [6.07, 6.45) is 1.34. The molecule has 1 aromatic rings. The van der Waals surface area contributed by atoms with E-state index in [0.29, 0.717) is 31.0 Å². The Morgan fingerprint density at radius 2 is 1.92 bits per heavy atom. The molecule has 0 spiro atoms. The molecule has 0 bridgehead atoms. The van der Waals surface area contributed by atoms with Gasteiger partial charge in [0.05, 0.1) is 11.7 Å². The van der Waals surface area contributed by atoms with Crippen LogP contribution in [0, 0.1) is 5.41 Å². The quantitative estimate of drug-likeness (QED) is 0.900. The molecule has 1 saturated heterocycles. The number of carbonyl (C=O) groups is 1. The van der Waals surface area contributed by atoms with Gasteiger partial charge in [-0.1, -0.05) is 20.8 Å². The number of β-amino-alcohol motifs (C(OH)–C–C–N with tert-alkyl or cyclic N) is 1. The van der Waals surface area contributed by atoms with Crippen LogP contribution in [0.25, 0.3) is 0 Å². The lowest BCUT2D eigenvalue weighted by atomic mass is 9.89. The summed E-state index contributed by atoms with van der Waals surface area (Å²) in [5, 5.41) is 10.3. The van der Waals surface area contributed by atoms with E-state index in [1.165, 1.54) is 0 Å². The number of pyridine rings is 1. The van der Waals surface area contributed by atoms with Crippen molar-refractivity contribution in [3.63, 3.8) is 0 Å². The summed E-state index contributed by atoms with van der Waals surface area (Å²) in [6.45, 7) is 9.72. The molecular weight excluding hydrogens is 304 g/mol. The minimum atomic E-state index is -0.363. The second kappa shape index (κ2) is 7.49. The van der Waals surface area contributed by atoms with Crippen LogP contribution >= 0.6 is 0 Å². The Bertz CT molecular complexity index is 560. The highest BCUT2D eigenvalue weighted by Crippen LogP contribution is 2.21. The number of aromatic nitrogens is 1. The van der Waals surface area contributed by atoms with Gasteiger partial charge in [0.15, 0.2) is 0 Å². The minimum absolute atomic E-state index is 0.0304. The molecule has 1 atom stereocenters. The van der Waals surface area contributed by atoms with E-state index in [4.69, 9.17) is 0 Å². The maximum atomic E-state index is 12.8. The molecule has 0 aromatic carbocycles. The molecule has 1 fully saturated rings. The number of aliphatic hydroxyl groups excluding tert-OH is 1. The van der Waals surface area contributed by atoms with E-state index >= 15 is 0 Å². The molecule has 1 aliphatic rings. The summed E-state index contributed by atoms with van der Waals surface area (Å²) >= 11 is 0. The average Bonchev–Trinajstić information content (AvgIpc) is 2.54. The number of nitrogens with zero attached hydrogens (tertiary/aromatic N) is 4. The van der Waals surface area contributed by atoms with E-state index in [2.05, 4.69) is 9.88 Å². The predicted octanol–water partition coefficient (Wildman–Crippen LogP) is 1.31. The van der Waals surface area contributed by atoms with Crippen molar-refractivity contribution in [2.45, 2.75) is 26.9 Å². The Labute approximate surface area is 145 Å². The van der Waals surface area contributed by atoms with Crippen LogP contribution in [0.4, 0.5) is 5.82 Å². The van der Waals surface area contributed by atoms with Crippen molar-refractivity contribution < 1.29 is 9.90 Å². The molecule has 134 valence electrons. The molecule has 0 unspecified atom stereocenters. The standard InChI is InChI=1S/C18H30N4O2/c1-18(2,3)15(23)13-21-9-11-22(12-10-21)17(24)14-7-6-8-19-16(14)20(4)5/h6-8,15,23H,9-13H2,1-5H3/t15-/m0/s1. The normalized spacial score (nSPS) is 17.7. The van der Waals surface area contributed by atoms with Crippen molar-refractivity contribution in [1.29, 1.82) is 0 Å². The topological polar surface area (TPSA) is 59.9 Å². The first-order chi connectivity index (χ1) is 11.2. The van der Waals surface area contributed by atoms with E-state index in [0.717, 1.165) is 13.1 Å². The molecule has 2 rings (SSSR count). The Morgan fingerprint density at radius 1 is 1.29 bits per heavy atom. The summed E-state index contributed by atoms with van der Waals surface area (Å²) in [5.41, 5.74) is 0.522. The fourth-order valence-electron chi connectivity index (χ4n) is 2.74. The average molecular weight is 334 g/mol. The van der Waals surface area contributed by atoms with Gasteiger partial charge in [0.2, 0.25) is 0 Å². The Hall–Kier alpha value is -1.66. The highest BCUT2D eigenvalue weighted by Gasteiger charge is 2.28. The van der Waals surface area contributed by atoms with Crippen LogP contribution in [-0.2, 0) is 0 Å². The van der Waals surface area contributed by atoms with Crippen molar-refractivity contribution >= 4 is 11.7 Å². The smallest absolute Gasteiger partial charge is 0.257 e. The third-order valence-electron chi connectivity index (χ3n) is 4.53. The maximum absolute atomic E-state index is 12.8. The fourth-order valence-corrected chi connectivity index (χ4v) is 2.74. The number of hydrogen-bond donors (Lipinski definition) is 1. The third-order valence-corrected chi connectivity index (χ3v) is 4.53. The van der Waals surface area contributed by atoms with Crippen LogP contribution in [-0.4, -0.2) is 78.7 Å². The lowest BCUT2D eigenvalue weighted by Crippen LogP contribution is -2.51. The first kappa shape index (κ1) is 18.7. The van der Waals surface area contributed by atoms with Crippen LogP contribution in [0.2, 0.25) is 0 Å². The van der Waals surface area contributed by atoms with Gasteiger partial charge >= 0.3 is 0 Å². The Morgan fingerprint density at radius 3 is 2.46 bits per heavy atom. The van der Waals surface area contributed by atoms with Gasteiger partial charge in [0.25, 0.3) is 5.91 Å². The van der Waals surface area contributed by atoms with Crippen LogP contribution in [0.3, 0.4) is 0 Å². The Kier molecular flexibility index (Phi) is 5.83. The number of rotatable bonds is 4. The summed E-state index contributed by atoms with van der Waals surface area (Å²) < 4.78 is 0. The van der Waals surface area contributed by atoms with Crippen LogP contribution in [0.15, 0.2) is 18.3 Å². The van der Waals surface area contributed by atoms with Crippen molar-refractivity contribution in [1.82, 2.24) is 14.8 Å². The molecule has 2 heterocycles. The lowest BCUT2D eigenvalue weighted by molar-refractivity contribution is 0.0137. The molecule has 1 aromatic heterocycles. The number of hydrogen-bond acceptors (Lipinski definition) is 5. The summed E-state index contributed by atoms with van der Waals surface area (Å²) in [5.74, 6) is 0.732. The van der Waals surface area contributed by atoms with Gasteiger partial charge in [-0.05, 0) is 17.5 Å². The van der Waals surface area contributed by atoms with E-state index in [1.54, 1.807) is 12.3 Å². The van der Waals surface area contributed by atoms with E-state index < -0.39 is 0 Å². The van der Waals surface area contributed by atoms with E-state index in [1.807, 2.05) is 50.7 Å². The summed E-state index contributed by atoms with van der Waals surface area (Å²) in [7, 11) is 3.79.